The van der Waals surface area contributed by atoms with Gasteiger partial charge in [0.1, 0.15) is 7.11 Å². The van der Waals surface area contributed by atoms with Crippen molar-refractivity contribution in [2.75, 3.05) is 50.7 Å². The second kappa shape index (κ2) is 11.4. The number of carbonyl (C=O) groups excluding carboxylic acids is 1. The molecule has 0 saturated heterocycles. The van der Waals surface area contributed by atoms with Gasteiger partial charge in [-0.05, 0) is 56.6 Å². The van der Waals surface area contributed by atoms with Gasteiger partial charge < -0.3 is 26.1 Å². The molecule has 210 valence electrons. The molecule has 0 aliphatic carbocycles. The Morgan fingerprint density at radius 3 is 2.58 bits per heavy atom. The van der Waals surface area contributed by atoms with Crippen LogP contribution in [0.4, 0.5) is 30.5 Å². The van der Waals surface area contributed by atoms with Crippen molar-refractivity contribution in [1.82, 2.24) is 19.6 Å². The Kier molecular flexibility index (Phi) is 8.16. The zero-order chi connectivity index (χ0) is 29.2. The summed E-state index contributed by atoms with van der Waals surface area (Å²) < 4.78 is 40.4. The van der Waals surface area contributed by atoms with Crippen molar-refractivity contribution >= 4 is 45.9 Å². The Bertz CT molecular complexity index is 1640. The molecule has 4 aromatic rings. The third-order valence-corrected chi connectivity index (χ3v) is 6.20. The molecule has 2 heterocycles. The molecule has 0 saturated carbocycles. The lowest BCUT2D eigenvalue weighted by Crippen LogP contribution is -2.28. The number of hydrogen-bond acceptors (Lipinski definition) is 8. The minimum Gasteiger partial charge on any atom is -0.412 e. The first kappa shape index (κ1) is 28.6. The van der Waals surface area contributed by atoms with Gasteiger partial charge in [0.15, 0.2) is 5.65 Å². The molecule has 0 spiro atoms. The Morgan fingerprint density at radius 1 is 1.15 bits per heavy atom. The number of alkyl halides is 3. The first-order chi connectivity index (χ1) is 18.9. The number of carbonyl (C=O) groups is 1. The highest BCUT2D eigenvalue weighted by molar-refractivity contribution is 6.33. The van der Waals surface area contributed by atoms with Crippen molar-refractivity contribution < 1.29 is 22.8 Å². The predicted molar refractivity (Wildman–Crippen MR) is 148 cm³/mol. The first-order valence-corrected chi connectivity index (χ1v) is 12.2. The summed E-state index contributed by atoms with van der Waals surface area (Å²) >= 11 is 6.42. The molecule has 0 atom stereocenters. The van der Waals surface area contributed by atoms with Gasteiger partial charge in [0.05, 0.1) is 16.7 Å². The molecule has 2 aromatic carbocycles. The van der Waals surface area contributed by atoms with E-state index < -0.39 is 23.2 Å². The van der Waals surface area contributed by atoms with E-state index >= 15 is 0 Å². The Labute approximate surface area is 231 Å². The fourth-order valence-corrected chi connectivity index (χ4v) is 4.06. The van der Waals surface area contributed by atoms with Crippen molar-refractivity contribution in [3.8, 4) is 11.1 Å². The number of rotatable bonds is 8. The maximum atomic E-state index is 13.4. The maximum Gasteiger partial charge on any atom is 0.416 e. The number of anilines is 3. The van der Waals surface area contributed by atoms with Crippen LogP contribution in [-0.2, 0) is 6.18 Å². The van der Waals surface area contributed by atoms with Gasteiger partial charge in [0.2, 0.25) is 5.95 Å². The number of halogens is 4. The van der Waals surface area contributed by atoms with Crippen molar-refractivity contribution in [1.29, 1.82) is 0 Å². The number of hydrogen-bond donors (Lipinski definition) is 3. The molecular formula is C26H25ClF3N7O3. The van der Waals surface area contributed by atoms with Crippen LogP contribution in [0, 0.1) is 0 Å². The molecule has 14 heteroatoms. The second-order valence-corrected chi connectivity index (χ2v) is 9.40. The Hall–Kier alpha value is -4.36. The van der Waals surface area contributed by atoms with E-state index in [-0.39, 0.29) is 38.7 Å². The summed E-state index contributed by atoms with van der Waals surface area (Å²) in [5.41, 5.74) is 4.42. The molecule has 0 bridgehead atoms. The van der Waals surface area contributed by atoms with Crippen molar-refractivity contribution in [2.45, 2.75) is 6.18 Å². The van der Waals surface area contributed by atoms with Gasteiger partial charge in [-0.2, -0.15) is 18.2 Å². The molecule has 40 heavy (non-hydrogen) atoms. The summed E-state index contributed by atoms with van der Waals surface area (Å²) in [6, 6.07) is 8.32. The highest BCUT2D eigenvalue weighted by atomic mass is 35.5. The van der Waals surface area contributed by atoms with E-state index in [1.54, 1.807) is 0 Å². The van der Waals surface area contributed by atoms with E-state index in [1.165, 1.54) is 37.6 Å². The smallest absolute Gasteiger partial charge is 0.412 e. The number of nitrogens with zero attached hydrogens (tertiary/aromatic N) is 4. The largest absolute Gasteiger partial charge is 0.416 e. The standard InChI is InChI=1S/C26H25ClF3N7O3/c1-36(2)9-8-32-25-33-13-14-10-18(24(39)37(40-3)22(14)35-25)17-12-16(5-6-20(17)27)34-23(38)19-11-15(26(28,29)30)4-7-21(19)31/h4-7,10-13H,8-9,31H2,1-3H3,(H,34,38)(H,32,33,35). The van der Waals surface area contributed by atoms with Crippen LogP contribution in [0.2, 0.25) is 5.02 Å². The minimum atomic E-state index is -4.65. The molecule has 0 aliphatic rings. The van der Waals surface area contributed by atoms with Gasteiger partial charge in [-0.15, -0.1) is 4.73 Å². The SMILES string of the molecule is COn1c(=O)c(-c2cc(NC(=O)c3cc(C(F)(F)F)ccc3N)ccc2Cl)cc2cnc(NCCN(C)C)nc21. The monoisotopic (exact) mass is 575 g/mol. The van der Waals surface area contributed by atoms with Crippen LogP contribution in [0.1, 0.15) is 15.9 Å². The second-order valence-electron chi connectivity index (χ2n) is 8.99. The highest BCUT2D eigenvalue weighted by Gasteiger charge is 2.31. The predicted octanol–water partition coefficient (Wildman–Crippen LogP) is 4.00. The van der Waals surface area contributed by atoms with Crippen LogP contribution >= 0.6 is 11.6 Å². The van der Waals surface area contributed by atoms with Gasteiger partial charge in [0.25, 0.3) is 11.5 Å². The molecule has 0 unspecified atom stereocenters. The number of pyridine rings is 1. The molecule has 4 N–H and O–H groups in total. The zero-order valence-corrected chi connectivity index (χ0v) is 22.4. The number of nitrogen functional groups attached to an aromatic ring is 1. The Balaban J connectivity index is 1.70. The summed E-state index contributed by atoms with van der Waals surface area (Å²) in [5, 5.41) is 6.24. The molecule has 0 aliphatic heterocycles. The Morgan fingerprint density at radius 2 is 1.90 bits per heavy atom. The highest BCUT2D eigenvalue weighted by Crippen LogP contribution is 2.33. The van der Waals surface area contributed by atoms with Crippen LogP contribution in [0.15, 0.2) is 53.5 Å². The number of aromatic nitrogens is 3. The maximum absolute atomic E-state index is 13.4. The molecule has 0 fully saturated rings. The van der Waals surface area contributed by atoms with E-state index in [2.05, 4.69) is 20.6 Å². The number of nitrogens with two attached hydrogens (primary N) is 1. The molecule has 1 amide bonds. The van der Waals surface area contributed by atoms with Gasteiger partial charge in [0, 0.05) is 46.6 Å². The lowest BCUT2D eigenvalue weighted by molar-refractivity contribution is -0.137. The average molecular weight is 576 g/mol. The zero-order valence-electron chi connectivity index (χ0n) is 21.6. The molecular weight excluding hydrogens is 551 g/mol. The third kappa shape index (κ3) is 6.10. The quantitative estimate of drug-likeness (QED) is 0.269. The van der Waals surface area contributed by atoms with Gasteiger partial charge in [-0.1, -0.05) is 11.6 Å². The lowest BCUT2D eigenvalue weighted by Gasteiger charge is -2.15. The first-order valence-electron chi connectivity index (χ1n) is 11.8. The number of nitrogens with one attached hydrogen (secondary N) is 2. The summed E-state index contributed by atoms with van der Waals surface area (Å²) in [6.07, 6.45) is -3.13. The summed E-state index contributed by atoms with van der Waals surface area (Å²) in [4.78, 5) is 42.2. The van der Waals surface area contributed by atoms with Gasteiger partial charge in [-0.25, -0.2) is 4.98 Å². The van der Waals surface area contributed by atoms with Crippen molar-refractivity contribution in [3.05, 3.63) is 75.2 Å². The normalized spacial score (nSPS) is 11.6. The summed E-state index contributed by atoms with van der Waals surface area (Å²) in [6.45, 7) is 1.32. The van der Waals surface area contributed by atoms with Gasteiger partial charge >= 0.3 is 6.18 Å². The van der Waals surface area contributed by atoms with Crippen LogP contribution in [0.25, 0.3) is 22.2 Å². The van der Waals surface area contributed by atoms with Crippen LogP contribution < -0.4 is 26.8 Å². The third-order valence-electron chi connectivity index (χ3n) is 5.87. The number of likely N-dealkylation sites (N-methyl/N-ethyl adjacent to an activating group) is 1. The van der Waals surface area contributed by atoms with Crippen LogP contribution in [0.5, 0.6) is 0 Å². The topological polar surface area (TPSA) is 127 Å². The summed E-state index contributed by atoms with van der Waals surface area (Å²) in [5.74, 6) is -0.559. The number of benzene rings is 2. The fraction of sp³-hybridized carbons (Fsp3) is 0.231. The average Bonchev–Trinajstić information content (AvgIpc) is 2.89. The van der Waals surface area contributed by atoms with Crippen molar-refractivity contribution in [2.24, 2.45) is 0 Å². The number of fused-ring (bicyclic) bond motifs is 1. The van der Waals surface area contributed by atoms with Gasteiger partial charge in [-0.3, -0.25) is 9.59 Å². The fourth-order valence-electron chi connectivity index (χ4n) is 3.85. The van der Waals surface area contributed by atoms with Crippen molar-refractivity contribution in [3.63, 3.8) is 0 Å². The molecule has 0 radical (unpaired) electrons. The van der Waals surface area contributed by atoms with E-state index in [1.807, 2.05) is 19.0 Å². The van der Waals surface area contributed by atoms with E-state index in [4.69, 9.17) is 22.2 Å². The van der Waals surface area contributed by atoms with E-state index in [0.717, 1.165) is 23.4 Å². The van der Waals surface area contributed by atoms with Crippen LogP contribution in [0.3, 0.4) is 0 Å². The summed E-state index contributed by atoms with van der Waals surface area (Å²) in [7, 11) is 5.17. The lowest BCUT2D eigenvalue weighted by atomic mass is 10.0. The number of amides is 1. The van der Waals surface area contributed by atoms with E-state index in [0.29, 0.717) is 23.9 Å². The molecule has 4 rings (SSSR count). The minimum absolute atomic E-state index is 0.117. The van der Waals surface area contributed by atoms with E-state index in [9.17, 15) is 22.8 Å². The molecule has 2 aromatic heterocycles. The van der Waals surface area contributed by atoms with Crippen LogP contribution in [-0.4, -0.2) is 59.8 Å². The molecule has 10 nitrogen and oxygen atoms in total.